The Hall–Kier alpha value is -4.06. The van der Waals surface area contributed by atoms with Crippen LogP contribution in [0.5, 0.6) is 5.75 Å². The van der Waals surface area contributed by atoms with Crippen molar-refractivity contribution in [3.05, 3.63) is 89.6 Å². The lowest BCUT2D eigenvalue weighted by Crippen LogP contribution is -2.37. The molecule has 2 aliphatic rings. The van der Waals surface area contributed by atoms with Crippen molar-refractivity contribution in [2.45, 2.75) is 12.8 Å². The Kier molecular flexibility index (Phi) is 5.57. The molecule has 3 aromatic rings. The van der Waals surface area contributed by atoms with Crippen LogP contribution in [0.3, 0.4) is 0 Å². The van der Waals surface area contributed by atoms with Gasteiger partial charge in [-0.05, 0) is 60.4 Å². The van der Waals surface area contributed by atoms with E-state index in [1.807, 2.05) is 90.6 Å². The number of para-hydroxylation sites is 1. The summed E-state index contributed by atoms with van der Waals surface area (Å²) in [4.78, 5) is 33.2. The highest BCUT2D eigenvalue weighted by atomic mass is 16.5. The van der Waals surface area contributed by atoms with Crippen LogP contribution in [-0.2, 0) is 16.0 Å². The molecule has 0 N–H and O–H groups in total. The van der Waals surface area contributed by atoms with Crippen LogP contribution in [0.1, 0.15) is 17.5 Å². The van der Waals surface area contributed by atoms with Gasteiger partial charge in [0.1, 0.15) is 11.4 Å². The molecule has 6 nitrogen and oxygen atoms in total. The summed E-state index contributed by atoms with van der Waals surface area (Å²) in [5.74, 6) is 0.0779. The molecule has 3 aromatic carbocycles. The minimum absolute atomic E-state index is 0.302. The lowest BCUT2D eigenvalue weighted by atomic mass is 9.98. The number of anilines is 3. The Morgan fingerprint density at radius 3 is 2.38 bits per heavy atom. The zero-order chi connectivity index (χ0) is 23.8. The number of carbonyl (C=O) groups excluding carboxylic acids is 2. The number of imide groups is 1. The SMILES string of the molecule is COc1ccc(C2=C(N3CCCc4ccccc43)C(=O)N(c3cccc(N(C)C)c3)C2=O)cc1. The summed E-state index contributed by atoms with van der Waals surface area (Å²) in [5.41, 5.74) is 5.19. The molecule has 34 heavy (non-hydrogen) atoms. The number of hydrogen-bond donors (Lipinski definition) is 0. The maximum absolute atomic E-state index is 14.0. The summed E-state index contributed by atoms with van der Waals surface area (Å²) >= 11 is 0. The van der Waals surface area contributed by atoms with Gasteiger partial charge in [-0.2, -0.15) is 0 Å². The predicted molar refractivity (Wildman–Crippen MR) is 135 cm³/mol. The van der Waals surface area contributed by atoms with Crippen LogP contribution < -0.4 is 19.4 Å². The fraction of sp³-hybridized carbons (Fsp3) is 0.214. The highest BCUT2D eigenvalue weighted by Crippen LogP contribution is 2.40. The van der Waals surface area contributed by atoms with E-state index in [2.05, 4.69) is 6.07 Å². The van der Waals surface area contributed by atoms with Crippen LogP contribution >= 0.6 is 0 Å². The topological polar surface area (TPSA) is 53.1 Å². The summed E-state index contributed by atoms with van der Waals surface area (Å²) in [6.07, 6.45) is 1.86. The molecule has 172 valence electrons. The van der Waals surface area contributed by atoms with Gasteiger partial charge in [0.15, 0.2) is 0 Å². The lowest BCUT2D eigenvalue weighted by Gasteiger charge is -2.32. The minimum atomic E-state index is -0.316. The van der Waals surface area contributed by atoms with Crippen LogP contribution in [-0.4, -0.2) is 39.6 Å². The monoisotopic (exact) mass is 453 g/mol. The second-order valence-electron chi connectivity index (χ2n) is 8.70. The molecule has 0 atom stereocenters. The molecule has 6 heteroatoms. The average Bonchev–Trinajstić information content (AvgIpc) is 3.13. The maximum Gasteiger partial charge on any atom is 0.282 e. The largest absolute Gasteiger partial charge is 0.497 e. The van der Waals surface area contributed by atoms with Gasteiger partial charge in [0.05, 0.1) is 18.4 Å². The van der Waals surface area contributed by atoms with Gasteiger partial charge < -0.3 is 14.5 Å². The molecule has 0 radical (unpaired) electrons. The van der Waals surface area contributed by atoms with Crippen LogP contribution in [0.4, 0.5) is 17.1 Å². The van der Waals surface area contributed by atoms with E-state index < -0.39 is 0 Å². The van der Waals surface area contributed by atoms with E-state index in [1.165, 1.54) is 10.5 Å². The molecule has 0 saturated carbocycles. The Morgan fingerprint density at radius 1 is 0.882 bits per heavy atom. The highest BCUT2D eigenvalue weighted by molar-refractivity contribution is 6.46. The molecule has 0 spiro atoms. The molecule has 2 aliphatic heterocycles. The van der Waals surface area contributed by atoms with E-state index in [-0.39, 0.29) is 11.8 Å². The summed E-state index contributed by atoms with van der Waals surface area (Å²) < 4.78 is 5.30. The van der Waals surface area contributed by atoms with Crippen LogP contribution in [0.15, 0.2) is 78.5 Å². The lowest BCUT2D eigenvalue weighted by molar-refractivity contribution is -0.120. The predicted octanol–water partition coefficient (Wildman–Crippen LogP) is 4.50. The molecular weight excluding hydrogens is 426 g/mol. The first-order chi connectivity index (χ1) is 16.5. The number of ether oxygens (including phenoxy) is 1. The van der Waals surface area contributed by atoms with Gasteiger partial charge in [-0.1, -0.05) is 36.4 Å². The number of rotatable bonds is 5. The van der Waals surface area contributed by atoms with Gasteiger partial charge >= 0.3 is 0 Å². The van der Waals surface area contributed by atoms with Crippen molar-refractivity contribution in [1.82, 2.24) is 0 Å². The number of methoxy groups -OCH3 is 1. The van der Waals surface area contributed by atoms with Gasteiger partial charge in [-0.25, -0.2) is 4.90 Å². The number of amides is 2. The van der Waals surface area contributed by atoms with Gasteiger partial charge in [-0.3, -0.25) is 9.59 Å². The summed E-state index contributed by atoms with van der Waals surface area (Å²) in [5, 5.41) is 0. The number of nitrogens with zero attached hydrogens (tertiary/aromatic N) is 3. The third-order valence-electron chi connectivity index (χ3n) is 6.42. The fourth-order valence-corrected chi connectivity index (χ4v) is 4.70. The third-order valence-corrected chi connectivity index (χ3v) is 6.42. The quantitative estimate of drug-likeness (QED) is 0.533. The summed E-state index contributed by atoms with van der Waals surface area (Å²) in [6, 6.07) is 22.9. The van der Waals surface area contributed by atoms with E-state index in [9.17, 15) is 9.59 Å². The molecular formula is C28H27N3O3. The molecule has 0 unspecified atom stereocenters. The molecule has 0 aliphatic carbocycles. The van der Waals surface area contributed by atoms with Crippen LogP contribution in [0.25, 0.3) is 5.57 Å². The Morgan fingerprint density at radius 2 is 1.65 bits per heavy atom. The van der Waals surface area contributed by atoms with Gasteiger partial charge in [-0.15, -0.1) is 0 Å². The Balaban J connectivity index is 1.67. The van der Waals surface area contributed by atoms with Crippen molar-refractivity contribution in [2.75, 3.05) is 42.4 Å². The van der Waals surface area contributed by atoms with E-state index in [0.717, 1.165) is 24.2 Å². The van der Waals surface area contributed by atoms with Gasteiger partial charge in [0.25, 0.3) is 11.8 Å². The van der Waals surface area contributed by atoms with Crippen molar-refractivity contribution < 1.29 is 14.3 Å². The number of aryl methyl sites for hydroxylation is 1. The minimum Gasteiger partial charge on any atom is -0.497 e. The van der Waals surface area contributed by atoms with Crippen molar-refractivity contribution >= 4 is 34.4 Å². The number of hydrogen-bond acceptors (Lipinski definition) is 5. The highest BCUT2D eigenvalue weighted by Gasteiger charge is 2.43. The summed E-state index contributed by atoms with van der Waals surface area (Å²) in [6.45, 7) is 0.677. The van der Waals surface area contributed by atoms with Crippen molar-refractivity contribution in [1.29, 1.82) is 0 Å². The van der Waals surface area contributed by atoms with E-state index >= 15 is 0 Å². The number of fused-ring (bicyclic) bond motifs is 1. The number of carbonyl (C=O) groups is 2. The smallest absolute Gasteiger partial charge is 0.282 e. The number of benzene rings is 3. The van der Waals surface area contributed by atoms with E-state index in [1.54, 1.807) is 7.11 Å². The zero-order valence-corrected chi connectivity index (χ0v) is 19.6. The van der Waals surface area contributed by atoms with Crippen molar-refractivity contribution in [3.8, 4) is 5.75 Å². The first-order valence-corrected chi connectivity index (χ1v) is 11.4. The normalized spacial score (nSPS) is 15.6. The fourth-order valence-electron chi connectivity index (χ4n) is 4.70. The van der Waals surface area contributed by atoms with Crippen LogP contribution in [0.2, 0.25) is 0 Å². The first-order valence-electron chi connectivity index (χ1n) is 11.4. The van der Waals surface area contributed by atoms with Crippen molar-refractivity contribution in [3.63, 3.8) is 0 Å². The zero-order valence-electron chi connectivity index (χ0n) is 19.6. The molecule has 2 heterocycles. The molecule has 5 rings (SSSR count). The van der Waals surface area contributed by atoms with E-state index in [4.69, 9.17) is 4.74 Å². The average molecular weight is 454 g/mol. The van der Waals surface area contributed by atoms with Crippen molar-refractivity contribution in [2.24, 2.45) is 0 Å². The molecule has 0 saturated heterocycles. The Labute approximate surface area is 199 Å². The summed E-state index contributed by atoms with van der Waals surface area (Å²) in [7, 11) is 5.47. The van der Waals surface area contributed by atoms with Crippen LogP contribution in [0, 0.1) is 0 Å². The second-order valence-corrected chi connectivity index (χ2v) is 8.70. The van der Waals surface area contributed by atoms with E-state index in [0.29, 0.717) is 34.8 Å². The third kappa shape index (κ3) is 3.61. The van der Waals surface area contributed by atoms with Gasteiger partial charge in [0, 0.05) is 32.0 Å². The first kappa shape index (κ1) is 21.8. The molecule has 2 amide bonds. The maximum atomic E-state index is 14.0. The Bertz CT molecular complexity index is 1290. The standard InChI is InChI=1S/C28H27N3O3/c1-29(2)21-10-6-11-22(18-21)31-27(32)25(20-13-15-23(34-3)16-14-20)26(28(31)33)30-17-7-9-19-8-4-5-12-24(19)30/h4-6,8,10-16,18H,7,9,17H2,1-3H3. The second kappa shape index (κ2) is 8.71. The molecule has 0 aromatic heterocycles. The molecule has 0 bridgehead atoms. The molecule has 0 fully saturated rings. The van der Waals surface area contributed by atoms with Gasteiger partial charge in [0.2, 0.25) is 0 Å².